The third-order valence-electron chi connectivity index (χ3n) is 1.89. The number of hydrogen-bond acceptors (Lipinski definition) is 2. The molecule has 0 bridgehead atoms. The first-order valence-corrected chi connectivity index (χ1v) is 4.93. The zero-order chi connectivity index (χ0) is 10.8. The van der Waals surface area contributed by atoms with Gasteiger partial charge in [-0.2, -0.15) is 5.10 Å². The van der Waals surface area contributed by atoms with Crippen molar-refractivity contribution in [2.75, 3.05) is 0 Å². The maximum Gasteiger partial charge on any atom is 0.264 e. The van der Waals surface area contributed by atoms with Crippen molar-refractivity contribution in [2.24, 2.45) is 0 Å². The van der Waals surface area contributed by atoms with Gasteiger partial charge in [0.2, 0.25) is 0 Å². The Kier molecular flexibility index (Phi) is 5.28. The Morgan fingerprint density at radius 3 is 2.38 bits per heavy atom. The second kappa shape index (κ2) is 6.03. The molecule has 0 aliphatic heterocycles. The van der Waals surface area contributed by atoms with E-state index >= 15 is 0 Å². The van der Waals surface area contributed by atoms with Gasteiger partial charge in [0.05, 0.1) is 15.7 Å². The Morgan fingerprint density at radius 2 is 1.81 bits per heavy atom. The first-order chi connectivity index (χ1) is 7.16. The van der Waals surface area contributed by atoms with E-state index < -0.39 is 0 Å². The fourth-order valence-corrected chi connectivity index (χ4v) is 1.46. The average Bonchev–Trinajstić information content (AvgIpc) is 2.23. The van der Waals surface area contributed by atoms with Gasteiger partial charge < -0.3 is 0 Å². The molecule has 78 valence electrons. The van der Waals surface area contributed by atoms with Gasteiger partial charge in [0.25, 0.3) is 5.56 Å². The summed E-state index contributed by atoms with van der Waals surface area (Å²) in [6.07, 6.45) is 0. The van der Waals surface area contributed by atoms with Crippen LogP contribution in [0.2, 0.25) is 10.0 Å². The molecule has 2 aromatic rings. The van der Waals surface area contributed by atoms with Crippen LogP contribution in [0, 0.1) is 0 Å². The summed E-state index contributed by atoms with van der Waals surface area (Å²) in [7, 11) is 0. The van der Waals surface area contributed by atoms with Gasteiger partial charge in [-0.25, -0.2) is 5.10 Å². The number of hydrogen-bond donors (Lipinski definition) is 1. The zero-order valence-corrected chi connectivity index (χ0v) is 11.9. The summed E-state index contributed by atoms with van der Waals surface area (Å²) >= 11 is 11.6. The first kappa shape index (κ1) is 14.0. The molecule has 0 amide bonds. The fraction of sp³-hybridized carbons (Fsp3) is 0. The standard InChI is InChI=1S/C10H6Cl2N2O.Ca/c11-7-2-1-6(5-8(7)12)9-3-4-10(15)14-13-9;/h1-5H,(H,14,15);. The van der Waals surface area contributed by atoms with Gasteiger partial charge in [0.15, 0.2) is 0 Å². The molecule has 0 saturated heterocycles. The van der Waals surface area contributed by atoms with E-state index in [1.165, 1.54) is 6.07 Å². The molecular formula is C10H6CaCl2N2O. The van der Waals surface area contributed by atoms with E-state index in [9.17, 15) is 4.79 Å². The Morgan fingerprint density at radius 1 is 1.06 bits per heavy atom. The quantitative estimate of drug-likeness (QED) is 0.816. The molecule has 0 unspecified atom stereocenters. The van der Waals surface area contributed by atoms with Crippen molar-refractivity contribution in [3.63, 3.8) is 0 Å². The normalized spacial score (nSPS) is 9.62. The molecule has 16 heavy (non-hydrogen) atoms. The topological polar surface area (TPSA) is 45.8 Å². The van der Waals surface area contributed by atoms with Gasteiger partial charge in [-0.3, -0.25) is 4.79 Å². The monoisotopic (exact) mass is 280 g/mol. The van der Waals surface area contributed by atoms with Gasteiger partial charge >= 0.3 is 0 Å². The van der Waals surface area contributed by atoms with Crippen LogP contribution in [-0.4, -0.2) is 47.9 Å². The third kappa shape index (κ3) is 3.22. The van der Waals surface area contributed by atoms with Crippen LogP contribution in [0.3, 0.4) is 0 Å². The second-order valence-electron chi connectivity index (χ2n) is 2.94. The fourth-order valence-electron chi connectivity index (χ4n) is 1.16. The molecule has 6 heteroatoms. The summed E-state index contributed by atoms with van der Waals surface area (Å²) < 4.78 is 0. The molecule has 2 rings (SSSR count). The minimum absolute atomic E-state index is 0. The van der Waals surface area contributed by atoms with Crippen LogP contribution >= 0.6 is 23.2 Å². The number of aromatic amines is 1. The molecule has 1 heterocycles. The van der Waals surface area contributed by atoms with Crippen molar-refractivity contribution in [2.45, 2.75) is 0 Å². The molecule has 1 aromatic heterocycles. The van der Waals surface area contributed by atoms with E-state index in [-0.39, 0.29) is 43.3 Å². The van der Waals surface area contributed by atoms with Gasteiger partial charge in [0.1, 0.15) is 0 Å². The van der Waals surface area contributed by atoms with Gasteiger partial charge in [-0.1, -0.05) is 29.3 Å². The smallest absolute Gasteiger partial charge is 0.264 e. The van der Waals surface area contributed by atoms with Crippen molar-refractivity contribution < 1.29 is 0 Å². The molecule has 0 spiro atoms. The average molecular weight is 281 g/mol. The number of H-pyrrole nitrogens is 1. The Hall–Kier alpha value is -0.0603. The van der Waals surface area contributed by atoms with Gasteiger partial charge in [-0.05, 0) is 18.2 Å². The second-order valence-corrected chi connectivity index (χ2v) is 3.75. The molecule has 0 aliphatic carbocycles. The van der Waals surface area contributed by atoms with Crippen LogP contribution in [0.15, 0.2) is 35.1 Å². The zero-order valence-electron chi connectivity index (χ0n) is 8.21. The van der Waals surface area contributed by atoms with Crippen molar-refractivity contribution >= 4 is 60.9 Å². The van der Waals surface area contributed by atoms with Crippen LogP contribution in [-0.2, 0) is 0 Å². The molecule has 1 N–H and O–H groups in total. The summed E-state index contributed by atoms with van der Waals surface area (Å²) in [5.74, 6) is 0. The molecule has 1 aromatic carbocycles. The molecule has 0 saturated carbocycles. The Bertz CT molecular complexity index is 536. The summed E-state index contributed by atoms with van der Waals surface area (Å²) in [4.78, 5) is 10.8. The number of rotatable bonds is 1. The summed E-state index contributed by atoms with van der Waals surface area (Å²) in [6.45, 7) is 0. The Labute approximate surface area is 132 Å². The molecule has 0 fully saturated rings. The number of nitrogens with zero attached hydrogens (tertiary/aromatic N) is 1. The van der Waals surface area contributed by atoms with Crippen molar-refractivity contribution in [3.8, 4) is 11.3 Å². The predicted molar refractivity (Wildman–Crippen MR) is 66.1 cm³/mol. The van der Waals surface area contributed by atoms with E-state index in [1.807, 2.05) is 0 Å². The van der Waals surface area contributed by atoms with Crippen molar-refractivity contribution in [1.29, 1.82) is 0 Å². The largest absolute Gasteiger partial charge is 0.268 e. The van der Waals surface area contributed by atoms with Crippen LogP contribution < -0.4 is 5.56 Å². The molecular weight excluding hydrogens is 275 g/mol. The van der Waals surface area contributed by atoms with E-state index in [0.29, 0.717) is 15.7 Å². The number of halogens is 2. The van der Waals surface area contributed by atoms with Gasteiger partial charge in [-0.15, -0.1) is 0 Å². The van der Waals surface area contributed by atoms with E-state index in [1.54, 1.807) is 24.3 Å². The minimum atomic E-state index is -0.237. The summed E-state index contributed by atoms with van der Waals surface area (Å²) in [6, 6.07) is 8.20. The number of nitrogens with one attached hydrogen (secondary N) is 1. The SMILES string of the molecule is O=c1ccc(-c2ccc(Cl)c(Cl)c2)n[nH]1.[Ca]. The Balaban J connectivity index is 0.00000128. The van der Waals surface area contributed by atoms with E-state index in [4.69, 9.17) is 23.2 Å². The van der Waals surface area contributed by atoms with Gasteiger partial charge in [0, 0.05) is 49.4 Å². The molecule has 2 radical (unpaired) electrons. The van der Waals surface area contributed by atoms with Crippen molar-refractivity contribution in [3.05, 3.63) is 50.7 Å². The van der Waals surface area contributed by atoms with E-state index in [2.05, 4.69) is 10.2 Å². The van der Waals surface area contributed by atoms with Crippen LogP contribution in [0.25, 0.3) is 11.3 Å². The number of benzene rings is 1. The molecule has 0 atom stereocenters. The summed E-state index contributed by atoms with van der Waals surface area (Å²) in [5, 5.41) is 7.18. The minimum Gasteiger partial charge on any atom is -0.268 e. The number of aromatic nitrogens is 2. The first-order valence-electron chi connectivity index (χ1n) is 4.18. The molecule has 3 nitrogen and oxygen atoms in total. The maximum atomic E-state index is 10.8. The van der Waals surface area contributed by atoms with Crippen LogP contribution in [0.4, 0.5) is 0 Å². The maximum absolute atomic E-state index is 10.8. The van der Waals surface area contributed by atoms with Crippen LogP contribution in [0.5, 0.6) is 0 Å². The van der Waals surface area contributed by atoms with Crippen molar-refractivity contribution in [1.82, 2.24) is 10.2 Å². The molecule has 0 aliphatic rings. The van der Waals surface area contributed by atoms with E-state index in [0.717, 1.165) is 5.56 Å². The predicted octanol–water partition coefficient (Wildman–Crippen LogP) is 2.36. The third-order valence-corrected chi connectivity index (χ3v) is 2.63. The van der Waals surface area contributed by atoms with Crippen LogP contribution in [0.1, 0.15) is 0 Å². The summed E-state index contributed by atoms with van der Waals surface area (Å²) in [5.41, 5.74) is 1.22.